The zero-order chi connectivity index (χ0) is 16.3. The highest BCUT2D eigenvalue weighted by Crippen LogP contribution is 2.31. The van der Waals surface area contributed by atoms with Crippen molar-refractivity contribution in [2.45, 2.75) is 31.5 Å². The van der Waals surface area contributed by atoms with Crippen molar-refractivity contribution in [2.75, 3.05) is 32.8 Å². The Morgan fingerprint density at radius 2 is 2.04 bits per heavy atom. The van der Waals surface area contributed by atoms with Gasteiger partial charge in [-0.2, -0.15) is 13.2 Å². The maximum atomic E-state index is 12.5. The van der Waals surface area contributed by atoms with Crippen LogP contribution in [0.25, 0.3) is 0 Å². The molecule has 2 aliphatic rings. The minimum Gasteiger partial charge on any atom is -0.493 e. The van der Waals surface area contributed by atoms with E-state index >= 15 is 0 Å². The molecule has 2 aliphatic heterocycles. The van der Waals surface area contributed by atoms with E-state index in [4.69, 9.17) is 4.74 Å². The Hall–Kier alpha value is -1.27. The lowest BCUT2D eigenvalue weighted by Crippen LogP contribution is -2.34. The second kappa shape index (κ2) is 7.09. The lowest BCUT2D eigenvalue weighted by atomic mass is 10.0. The van der Waals surface area contributed by atoms with Crippen molar-refractivity contribution in [1.29, 1.82) is 0 Å². The molecule has 2 heterocycles. The van der Waals surface area contributed by atoms with Crippen LogP contribution in [0.5, 0.6) is 5.75 Å². The predicted octanol–water partition coefficient (Wildman–Crippen LogP) is 3.37. The molecular formula is C17H23F3N2O. The van der Waals surface area contributed by atoms with Gasteiger partial charge in [-0.05, 0) is 44.3 Å². The third kappa shape index (κ3) is 4.61. The van der Waals surface area contributed by atoms with Crippen molar-refractivity contribution in [3.8, 4) is 5.75 Å². The van der Waals surface area contributed by atoms with Crippen LogP contribution in [0.2, 0.25) is 0 Å². The summed E-state index contributed by atoms with van der Waals surface area (Å²) in [7, 11) is 0. The molecule has 0 unspecified atom stereocenters. The van der Waals surface area contributed by atoms with E-state index in [1.165, 1.54) is 4.90 Å². The summed E-state index contributed by atoms with van der Waals surface area (Å²) in [4.78, 5) is 1.51. The molecule has 1 saturated heterocycles. The van der Waals surface area contributed by atoms with Crippen molar-refractivity contribution in [3.05, 3.63) is 29.8 Å². The summed E-state index contributed by atoms with van der Waals surface area (Å²) in [6.07, 6.45) is -1.29. The molecule has 3 nitrogen and oxygen atoms in total. The zero-order valence-electron chi connectivity index (χ0n) is 13.1. The lowest BCUT2D eigenvalue weighted by molar-refractivity contribution is -0.143. The molecular weight excluding hydrogens is 305 g/mol. The molecule has 128 valence electrons. The monoisotopic (exact) mass is 328 g/mol. The lowest BCUT2D eigenvalue weighted by Gasteiger charge is -2.21. The number of rotatable bonds is 4. The van der Waals surface area contributed by atoms with E-state index in [1.807, 2.05) is 18.2 Å². The Morgan fingerprint density at radius 1 is 1.22 bits per heavy atom. The number of nitrogens with zero attached hydrogens (tertiary/aromatic N) is 1. The molecule has 0 aromatic heterocycles. The van der Waals surface area contributed by atoms with E-state index in [1.54, 1.807) is 0 Å². The summed E-state index contributed by atoms with van der Waals surface area (Å²) in [6.45, 7) is 1.75. The number of ether oxygens (including phenoxy) is 1. The smallest absolute Gasteiger partial charge is 0.401 e. The molecule has 23 heavy (non-hydrogen) atoms. The van der Waals surface area contributed by atoms with Gasteiger partial charge in [-0.25, -0.2) is 0 Å². The van der Waals surface area contributed by atoms with Crippen LogP contribution in [0.3, 0.4) is 0 Å². The van der Waals surface area contributed by atoms with Gasteiger partial charge >= 0.3 is 6.18 Å². The van der Waals surface area contributed by atoms with Gasteiger partial charge in [-0.1, -0.05) is 18.2 Å². The number of para-hydroxylation sites is 1. The van der Waals surface area contributed by atoms with Gasteiger partial charge in [0.25, 0.3) is 0 Å². The van der Waals surface area contributed by atoms with Crippen LogP contribution in [-0.2, 0) is 0 Å². The van der Waals surface area contributed by atoms with Gasteiger partial charge < -0.3 is 10.1 Å². The van der Waals surface area contributed by atoms with Crippen molar-refractivity contribution >= 4 is 0 Å². The molecule has 3 rings (SSSR count). The minimum absolute atomic E-state index is 0.227. The number of halogens is 3. The number of alkyl halides is 3. The Kier molecular flexibility index (Phi) is 5.11. The number of likely N-dealkylation sites (tertiary alicyclic amines) is 1. The first-order valence-corrected chi connectivity index (χ1v) is 8.25. The number of nitrogens with one attached hydrogen (secondary N) is 1. The molecule has 1 aromatic carbocycles. The molecule has 0 radical (unpaired) electrons. The minimum atomic E-state index is -4.10. The molecule has 0 spiro atoms. The summed E-state index contributed by atoms with van der Waals surface area (Å²) < 4.78 is 43.1. The summed E-state index contributed by atoms with van der Waals surface area (Å²) >= 11 is 0. The van der Waals surface area contributed by atoms with Crippen molar-refractivity contribution in [1.82, 2.24) is 10.2 Å². The van der Waals surface area contributed by atoms with Gasteiger partial charge in [0.1, 0.15) is 5.75 Å². The van der Waals surface area contributed by atoms with Gasteiger partial charge in [-0.3, -0.25) is 4.90 Å². The highest BCUT2D eigenvalue weighted by Gasteiger charge is 2.34. The first-order chi connectivity index (χ1) is 11.0. The molecule has 2 atom stereocenters. The van der Waals surface area contributed by atoms with Crippen LogP contribution >= 0.6 is 0 Å². The van der Waals surface area contributed by atoms with E-state index in [-0.39, 0.29) is 12.0 Å². The molecule has 6 heteroatoms. The van der Waals surface area contributed by atoms with E-state index in [0.29, 0.717) is 13.1 Å². The largest absolute Gasteiger partial charge is 0.493 e. The van der Waals surface area contributed by atoms with E-state index in [9.17, 15) is 13.2 Å². The fourth-order valence-corrected chi connectivity index (χ4v) is 3.52. The number of hydrogen-bond acceptors (Lipinski definition) is 3. The van der Waals surface area contributed by atoms with Gasteiger partial charge in [-0.15, -0.1) is 0 Å². The molecule has 1 aromatic rings. The average Bonchev–Trinajstić information content (AvgIpc) is 2.81. The van der Waals surface area contributed by atoms with Crippen LogP contribution in [0.4, 0.5) is 13.2 Å². The first-order valence-electron chi connectivity index (χ1n) is 8.25. The van der Waals surface area contributed by atoms with Gasteiger partial charge in [0, 0.05) is 18.2 Å². The van der Waals surface area contributed by atoms with Crippen molar-refractivity contribution in [3.63, 3.8) is 0 Å². The van der Waals surface area contributed by atoms with Gasteiger partial charge in [0.2, 0.25) is 0 Å². The van der Waals surface area contributed by atoms with Crippen molar-refractivity contribution in [2.24, 2.45) is 5.92 Å². The van der Waals surface area contributed by atoms with Crippen molar-refractivity contribution < 1.29 is 17.9 Å². The highest BCUT2D eigenvalue weighted by atomic mass is 19.4. The Bertz CT molecular complexity index is 521. The number of fused-ring (bicyclic) bond motifs is 1. The second-order valence-corrected chi connectivity index (χ2v) is 6.49. The third-order valence-corrected chi connectivity index (χ3v) is 4.61. The molecule has 1 N–H and O–H groups in total. The Morgan fingerprint density at radius 3 is 2.87 bits per heavy atom. The summed E-state index contributed by atoms with van der Waals surface area (Å²) in [5.41, 5.74) is 1.16. The summed E-state index contributed by atoms with van der Waals surface area (Å²) in [5.74, 6) is 1.21. The topological polar surface area (TPSA) is 24.5 Å². The van der Waals surface area contributed by atoms with E-state index < -0.39 is 12.7 Å². The summed E-state index contributed by atoms with van der Waals surface area (Å²) in [5, 5.41) is 3.56. The SMILES string of the molecule is FC(F)(F)CN1CC[C@H](CN[C@@H]2CCCOc3ccccc32)C1. The predicted molar refractivity (Wildman–Crippen MR) is 82.5 cm³/mol. The van der Waals surface area contributed by atoms with Crippen LogP contribution in [0.15, 0.2) is 24.3 Å². The fraction of sp³-hybridized carbons (Fsp3) is 0.647. The fourth-order valence-electron chi connectivity index (χ4n) is 3.52. The third-order valence-electron chi connectivity index (χ3n) is 4.61. The van der Waals surface area contributed by atoms with Gasteiger partial charge in [0.05, 0.1) is 13.2 Å². The zero-order valence-corrected chi connectivity index (χ0v) is 13.1. The maximum Gasteiger partial charge on any atom is 0.401 e. The quantitative estimate of drug-likeness (QED) is 0.917. The van der Waals surface area contributed by atoms with Crippen LogP contribution in [-0.4, -0.2) is 43.9 Å². The summed E-state index contributed by atoms with van der Waals surface area (Å²) in [6, 6.07) is 8.25. The first kappa shape index (κ1) is 16.6. The Labute approximate surface area is 134 Å². The average molecular weight is 328 g/mol. The Balaban J connectivity index is 1.53. The van der Waals surface area contributed by atoms with Gasteiger partial charge in [0.15, 0.2) is 0 Å². The van der Waals surface area contributed by atoms with Crippen LogP contribution in [0, 0.1) is 5.92 Å². The van der Waals surface area contributed by atoms with E-state index in [0.717, 1.165) is 43.7 Å². The maximum absolute atomic E-state index is 12.5. The molecule has 1 fully saturated rings. The molecule has 0 saturated carbocycles. The standard InChI is InChI=1S/C17H23F3N2O/c18-17(19,20)12-22-8-7-13(11-22)10-21-15-5-3-9-23-16-6-2-1-4-14(15)16/h1-2,4,6,13,15,21H,3,5,7-12H2/t13-,15-/m1/s1. The molecule has 0 bridgehead atoms. The number of benzene rings is 1. The second-order valence-electron chi connectivity index (χ2n) is 6.49. The normalized spacial score (nSPS) is 25.7. The molecule has 0 aliphatic carbocycles. The van der Waals surface area contributed by atoms with Crippen LogP contribution in [0.1, 0.15) is 30.9 Å². The molecule has 0 amide bonds. The van der Waals surface area contributed by atoms with E-state index in [2.05, 4.69) is 11.4 Å². The number of hydrogen-bond donors (Lipinski definition) is 1. The highest BCUT2D eigenvalue weighted by molar-refractivity contribution is 5.36. The van der Waals surface area contributed by atoms with Crippen LogP contribution < -0.4 is 10.1 Å².